The zero-order chi connectivity index (χ0) is 48.0. The van der Waals surface area contributed by atoms with Gasteiger partial charge in [-0.2, -0.15) is 13.1 Å². The van der Waals surface area contributed by atoms with E-state index in [1.807, 2.05) is 6.07 Å². The van der Waals surface area contributed by atoms with Gasteiger partial charge in [0.25, 0.3) is 10.1 Å². The lowest BCUT2D eigenvalue weighted by Crippen LogP contribution is -2.53. The van der Waals surface area contributed by atoms with Gasteiger partial charge in [0, 0.05) is 57.8 Å². The van der Waals surface area contributed by atoms with Crippen LogP contribution in [0.25, 0.3) is 0 Å². The number of carbonyl (C=O) groups excluding carboxylic acids is 4. The number of aryl methyl sites for hydroxylation is 4. The first-order chi connectivity index (χ1) is 30.7. The molecule has 0 fully saturated rings. The molecule has 25 heteroatoms. The quantitative estimate of drug-likeness (QED) is 0.0310. The van der Waals surface area contributed by atoms with Gasteiger partial charge in [-0.1, -0.05) is 12.5 Å². The number of carboxylic acid groups (broad SMARTS) is 2. The molecule has 65 heavy (non-hydrogen) atoms. The molecule has 0 bridgehead atoms. The van der Waals surface area contributed by atoms with Crippen LogP contribution in [-0.2, 0) is 61.8 Å². The van der Waals surface area contributed by atoms with Crippen LogP contribution in [0.1, 0.15) is 67.3 Å². The lowest BCUT2D eigenvalue weighted by Gasteiger charge is -2.19. The molecular weight excluding hydrogens is 895 g/mol. The number of aliphatic carboxylic acids is 2. The summed E-state index contributed by atoms with van der Waals surface area (Å²) in [6.07, 6.45) is 5.39. The summed E-state index contributed by atoms with van der Waals surface area (Å²) in [6.45, 7) is 3.11. The average molecular weight is 956 g/mol. The van der Waals surface area contributed by atoms with Gasteiger partial charge in [0.2, 0.25) is 33.7 Å². The van der Waals surface area contributed by atoms with E-state index in [2.05, 4.69) is 53.0 Å². The van der Waals surface area contributed by atoms with Gasteiger partial charge in [-0.05, 0) is 87.3 Å². The fourth-order valence-electron chi connectivity index (χ4n) is 6.66. The molecule has 2 heterocycles. The van der Waals surface area contributed by atoms with Crippen LogP contribution in [0.4, 0.5) is 5.82 Å². The first-order valence-electron chi connectivity index (χ1n) is 21.1. The molecule has 0 aliphatic carbocycles. The van der Waals surface area contributed by atoms with Crippen molar-refractivity contribution in [3.8, 4) is 5.75 Å². The number of rotatable bonds is 31. The molecular formula is C40H61N9O14S2. The van der Waals surface area contributed by atoms with Crippen LogP contribution < -0.4 is 46.7 Å². The molecule has 4 amide bonds. The number of benzene rings is 1. The Hall–Kier alpha value is -5.47. The molecule has 1 aromatic carbocycles. The molecule has 11 N–H and O–H groups in total. The molecule has 2 aromatic rings. The Morgan fingerprint density at radius 3 is 2.14 bits per heavy atom. The number of aromatic nitrogens is 1. The number of carboxylic acids is 2. The van der Waals surface area contributed by atoms with Gasteiger partial charge < -0.3 is 52.2 Å². The standard InChI is InChI=1S/C40H61N9O14S2/c1-26-20-30(63-19-7-11-33(50)43-17-18-45-39(55)32(25-64(58,59)60)48-35(52)23-41-15-16-42-24-36(53)54)21-27(2)37(26)65(61,62)49-31(40(56)57)22-46-34(51)10-5-3-4-9-29-13-12-28-8-6-14-44-38(28)47-29/h12-13,20-21,31-32,41-42,49H,3-11,14-19,22-25H2,1-2H3,(H,43,50)(H,44,47)(H,45,55)(H,46,51)(H,48,52)(H,53,54)(H,56,57)(H,58,59,60). The zero-order valence-corrected chi connectivity index (χ0v) is 38.1. The fraction of sp³-hybridized carbons (Fsp3) is 0.575. The third-order valence-electron chi connectivity index (χ3n) is 9.72. The summed E-state index contributed by atoms with van der Waals surface area (Å²) >= 11 is 0. The number of nitrogens with zero attached hydrogens (tertiary/aromatic N) is 1. The smallest absolute Gasteiger partial charge is 0.323 e. The number of fused-ring (bicyclic) bond motifs is 1. The summed E-state index contributed by atoms with van der Waals surface area (Å²) in [5.74, 6) is -4.91. The molecule has 1 aliphatic heterocycles. The molecule has 2 atom stereocenters. The van der Waals surface area contributed by atoms with Gasteiger partial charge in [-0.25, -0.2) is 13.4 Å². The summed E-state index contributed by atoms with van der Waals surface area (Å²) in [5, 5.41) is 36.6. The number of unbranched alkanes of at least 4 members (excludes halogenated alkanes) is 2. The Labute approximate surface area is 378 Å². The SMILES string of the molecule is Cc1cc(OCCCC(=O)NCCNC(=O)C(CS(=O)(=O)O)NC(=O)CNCCNCC(=O)O)cc(C)c1S(=O)(=O)NC(CNC(=O)CCCCCc1ccc2c(n1)NCCC2)C(=O)O. The first-order valence-corrected chi connectivity index (χ1v) is 24.2. The van der Waals surface area contributed by atoms with E-state index in [1.54, 1.807) is 0 Å². The zero-order valence-electron chi connectivity index (χ0n) is 36.5. The van der Waals surface area contributed by atoms with Crippen molar-refractivity contribution in [1.82, 2.24) is 41.6 Å². The van der Waals surface area contributed by atoms with Crippen LogP contribution in [0, 0.1) is 13.8 Å². The van der Waals surface area contributed by atoms with Crippen LogP contribution in [-0.4, -0.2) is 149 Å². The van der Waals surface area contributed by atoms with Gasteiger partial charge in [-0.15, -0.1) is 0 Å². The van der Waals surface area contributed by atoms with E-state index in [0.29, 0.717) is 12.2 Å². The van der Waals surface area contributed by atoms with Crippen molar-refractivity contribution in [3.05, 3.63) is 46.6 Å². The molecule has 0 radical (unpaired) electrons. The molecule has 0 spiro atoms. The maximum absolute atomic E-state index is 13.4. The van der Waals surface area contributed by atoms with Crippen molar-refractivity contribution in [3.63, 3.8) is 0 Å². The number of sulfonamides is 1. The van der Waals surface area contributed by atoms with E-state index < -0.39 is 80.1 Å². The third kappa shape index (κ3) is 20.9. The Morgan fingerprint density at radius 1 is 0.800 bits per heavy atom. The molecule has 2 unspecified atom stereocenters. The maximum Gasteiger partial charge on any atom is 0.323 e. The predicted octanol–water partition coefficient (Wildman–Crippen LogP) is -1.26. The minimum atomic E-state index is -4.67. The number of ether oxygens (including phenoxy) is 1. The van der Waals surface area contributed by atoms with E-state index in [1.165, 1.54) is 31.5 Å². The Balaban J connectivity index is 1.36. The van der Waals surface area contributed by atoms with Gasteiger partial charge in [0.1, 0.15) is 29.4 Å². The van der Waals surface area contributed by atoms with E-state index in [-0.39, 0.29) is 81.2 Å². The highest BCUT2D eigenvalue weighted by Gasteiger charge is 2.29. The van der Waals surface area contributed by atoms with Gasteiger partial charge in [0.05, 0.1) is 24.6 Å². The number of hydrogen-bond acceptors (Lipinski definition) is 15. The highest BCUT2D eigenvalue weighted by molar-refractivity contribution is 7.89. The Morgan fingerprint density at radius 2 is 1.46 bits per heavy atom. The summed E-state index contributed by atoms with van der Waals surface area (Å²) in [6, 6.07) is 3.75. The predicted molar refractivity (Wildman–Crippen MR) is 236 cm³/mol. The van der Waals surface area contributed by atoms with Crippen molar-refractivity contribution >= 4 is 61.5 Å². The van der Waals surface area contributed by atoms with Crippen molar-refractivity contribution in [2.24, 2.45) is 0 Å². The second-order valence-corrected chi connectivity index (χ2v) is 18.5. The lowest BCUT2D eigenvalue weighted by atomic mass is 10.1. The Bertz CT molecular complexity index is 2170. The van der Waals surface area contributed by atoms with E-state index in [9.17, 15) is 55.3 Å². The number of hydrogen-bond donors (Lipinski definition) is 11. The topological polar surface area (TPSA) is 350 Å². The van der Waals surface area contributed by atoms with Crippen molar-refractivity contribution < 1.29 is 65.1 Å². The molecule has 1 aromatic heterocycles. The van der Waals surface area contributed by atoms with Crippen LogP contribution in [0.2, 0.25) is 0 Å². The minimum absolute atomic E-state index is 0.00106. The van der Waals surface area contributed by atoms with Crippen LogP contribution >= 0.6 is 0 Å². The highest BCUT2D eigenvalue weighted by Crippen LogP contribution is 2.26. The van der Waals surface area contributed by atoms with E-state index in [4.69, 9.17) is 9.84 Å². The molecule has 0 saturated carbocycles. The molecule has 3 rings (SSSR count). The summed E-state index contributed by atoms with van der Waals surface area (Å²) in [5.41, 5.74) is 2.72. The van der Waals surface area contributed by atoms with Gasteiger partial charge in [-0.3, -0.25) is 33.3 Å². The second kappa shape index (κ2) is 27.1. The third-order valence-corrected chi connectivity index (χ3v) is 12.3. The molecule has 0 saturated heterocycles. The van der Waals surface area contributed by atoms with Crippen LogP contribution in [0.5, 0.6) is 5.75 Å². The number of pyridine rings is 1. The number of carbonyl (C=O) groups is 6. The highest BCUT2D eigenvalue weighted by atomic mass is 32.2. The maximum atomic E-state index is 13.4. The minimum Gasteiger partial charge on any atom is -0.494 e. The number of anilines is 1. The van der Waals surface area contributed by atoms with Crippen LogP contribution in [0.3, 0.4) is 0 Å². The fourth-order valence-corrected chi connectivity index (χ4v) is 8.96. The normalized spacial score (nSPS) is 13.3. The van der Waals surface area contributed by atoms with Crippen LogP contribution in [0.15, 0.2) is 29.2 Å². The number of amides is 4. The lowest BCUT2D eigenvalue weighted by molar-refractivity contribution is -0.139. The van der Waals surface area contributed by atoms with Crippen molar-refractivity contribution in [2.75, 3.05) is 70.0 Å². The van der Waals surface area contributed by atoms with Gasteiger partial charge >= 0.3 is 11.9 Å². The Kier molecular flexibility index (Phi) is 22.5. The average Bonchev–Trinajstić information content (AvgIpc) is 3.22. The van der Waals surface area contributed by atoms with Crippen molar-refractivity contribution in [1.29, 1.82) is 0 Å². The monoisotopic (exact) mass is 955 g/mol. The first kappa shape index (κ1) is 53.9. The largest absolute Gasteiger partial charge is 0.494 e. The van der Waals surface area contributed by atoms with Crippen molar-refractivity contribution in [2.45, 2.75) is 88.6 Å². The number of nitrogens with one attached hydrogen (secondary N) is 8. The molecule has 362 valence electrons. The van der Waals surface area contributed by atoms with E-state index in [0.717, 1.165) is 50.2 Å². The summed E-state index contributed by atoms with van der Waals surface area (Å²) < 4.78 is 66.8. The van der Waals surface area contributed by atoms with E-state index >= 15 is 0 Å². The molecule has 23 nitrogen and oxygen atoms in total. The summed E-state index contributed by atoms with van der Waals surface area (Å²) in [7, 11) is -9.04. The second-order valence-electron chi connectivity index (χ2n) is 15.3. The van der Waals surface area contributed by atoms with Gasteiger partial charge in [0.15, 0.2) is 0 Å². The molecule has 1 aliphatic rings. The summed E-state index contributed by atoms with van der Waals surface area (Å²) in [4.78, 5) is 76.7.